The highest BCUT2D eigenvalue weighted by Crippen LogP contribution is 2.31. The zero-order valence-corrected chi connectivity index (χ0v) is 15.9. The highest BCUT2D eigenvalue weighted by molar-refractivity contribution is 6.31. The minimum absolute atomic E-state index is 0.104. The third kappa shape index (κ3) is 5.39. The van der Waals surface area contributed by atoms with Crippen LogP contribution in [-0.2, 0) is 17.5 Å². The summed E-state index contributed by atoms with van der Waals surface area (Å²) >= 11 is 6.08. The van der Waals surface area contributed by atoms with Gasteiger partial charge in [-0.25, -0.2) is 0 Å². The first-order valence-corrected chi connectivity index (χ1v) is 9.35. The molecule has 0 saturated carbocycles. The minimum Gasteiger partial charge on any atom is -0.369 e. The van der Waals surface area contributed by atoms with E-state index in [1.165, 1.54) is 12.1 Å². The second-order valence-corrected chi connectivity index (χ2v) is 7.09. The Morgan fingerprint density at radius 2 is 1.75 bits per heavy atom. The first kappa shape index (κ1) is 20.5. The molecule has 0 aliphatic carbocycles. The molecule has 3 rings (SSSR count). The fourth-order valence-corrected chi connectivity index (χ4v) is 3.34. The second kappa shape index (κ2) is 8.84. The molecular formula is C20H21ClF3N3O. The van der Waals surface area contributed by atoms with E-state index in [1.54, 1.807) is 12.1 Å². The van der Waals surface area contributed by atoms with Crippen molar-refractivity contribution in [2.24, 2.45) is 0 Å². The van der Waals surface area contributed by atoms with Crippen LogP contribution in [0.5, 0.6) is 0 Å². The Balaban J connectivity index is 1.48. The summed E-state index contributed by atoms with van der Waals surface area (Å²) < 4.78 is 38.6. The van der Waals surface area contributed by atoms with E-state index in [4.69, 9.17) is 11.6 Å². The number of amides is 1. The van der Waals surface area contributed by atoms with Crippen molar-refractivity contribution in [3.05, 3.63) is 64.7 Å². The molecule has 4 nitrogen and oxygen atoms in total. The number of anilines is 1. The van der Waals surface area contributed by atoms with Crippen LogP contribution in [0.3, 0.4) is 0 Å². The molecule has 1 amide bonds. The maximum absolute atomic E-state index is 12.9. The summed E-state index contributed by atoms with van der Waals surface area (Å²) in [5.41, 5.74) is 0.760. The molecule has 1 aliphatic heterocycles. The van der Waals surface area contributed by atoms with Crippen LogP contribution < -0.4 is 10.2 Å². The topological polar surface area (TPSA) is 35.6 Å². The number of alkyl halides is 3. The van der Waals surface area contributed by atoms with Gasteiger partial charge in [0.15, 0.2) is 0 Å². The van der Waals surface area contributed by atoms with Gasteiger partial charge >= 0.3 is 6.18 Å². The van der Waals surface area contributed by atoms with E-state index in [-0.39, 0.29) is 12.5 Å². The zero-order chi connectivity index (χ0) is 20.1. The van der Waals surface area contributed by atoms with Gasteiger partial charge in [-0.3, -0.25) is 9.69 Å². The fourth-order valence-electron chi connectivity index (χ4n) is 3.14. The molecule has 2 aromatic rings. The average Bonchev–Trinajstić information content (AvgIpc) is 2.67. The maximum atomic E-state index is 12.9. The van der Waals surface area contributed by atoms with Crippen LogP contribution in [-0.4, -0.2) is 43.5 Å². The molecule has 0 unspecified atom stereocenters. The molecule has 150 valence electrons. The van der Waals surface area contributed by atoms with Crippen molar-refractivity contribution in [3.63, 3.8) is 0 Å². The fraction of sp³-hybridized carbons (Fsp3) is 0.350. The molecule has 0 atom stereocenters. The molecule has 1 aliphatic rings. The van der Waals surface area contributed by atoms with Crippen LogP contribution in [0.1, 0.15) is 11.1 Å². The predicted molar refractivity (Wildman–Crippen MR) is 103 cm³/mol. The smallest absolute Gasteiger partial charge is 0.369 e. The number of nitrogens with one attached hydrogen (secondary N) is 1. The summed E-state index contributed by atoms with van der Waals surface area (Å²) in [5.74, 6) is -0.104. The Hall–Kier alpha value is -2.25. The highest BCUT2D eigenvalue weighted by Gasteiger charge is 2.31. The number of benzene rings is 2. The summed E-state index contributed by atoms with van der Waals surface area (Å²) in [6, 6.07) is 12.7. The first-order valence-electron chi connectivity index (χ1n) is 8.97. The zero-order valence-electron chi connectivity index (χ0n) is 15.2. The van der Waals surface area contributed by atoms with E-state index < -0.39 is 11.7 Å². The standard InChI is InChI=1S/C20H21ClF3N3O/c21-18-7-2-1-4-15(18)13-25-19(28)14-26-8-10-27(11-9-26)17-6-3-5-16(12-17)20(22,23)24/h1-7,12H,8-11,13-14H2,(H,25,28). The van der Waals surface area contributed by atoms with E-state index in [2.05, 4.69) is 5.32 Å². The molecule has 1 saturated heterocycles. The van der Waals surface area contributed by atoms with Crippen molar-refractivity contribution < 1.29 is 18.0 Å². The normalized spacial score (nSPS) is 15.5. The van der Waals surface area contributed by atoms with E-state index in [9.17, 15) is 18.0 Å². The molecular weight excluding hydrogens is 391 g/mol. The SMILES string of the molecule is O=C(CN1CCN(c2cccc(C(F)(F)F)c2)CC1)NCc1ccccc1Cl. The van der Waals surface area contributed by atoms with Gasteiger partial charge in [0, 0.05) is 43.4 Å². The number of hydrogen-bond donors (Lipinski definition) is 1. The Labute approximate surface area is 166 Å². The molecule has 2 aromatic carbocycles. The number of hydrogen-bond acceptors (Lipinski definition) is 3. The van der Waals surface area contributed by atoms with Crippen molar-refractivity contribution in [3.8, 4) is 0 Å². The molecule has 0 radical (unpaired) electrons. The van der Waals surface area contributed by atoms with Crippen LogP contribution in [0.4, 0.5) is 18.9 Å². The summed E-state index contributed by atoms with van der Waals surface area (Å²) in [5, 5.41) is 3.46. The monoisotopic (exact) mass is 411 g/mol. The number of nitrogens with zero attached hydrogens (tertiary/aromatic N) is 2. The molecule has 1 N–H and O–H groups in total. The second-order valence-electron chi connectivity index (χ2n) is 6.68. The van der Waals surface area contributed by atoms with Gasteiger partial charge in [0.25, 0.3) is 0 Å². The molecule has 28 heavy (non-hydrogen) atoms. The van der Waals surface area contributed by atoms with Crippen LogP contribution in [0, 0.1) is 0 Å². The minimum atomic E-state index is -4.35. The molecule has 0 spiro atoms. The van der Waals surface area contributed by atoms with Crippen molar-refractivity contribution >= 4 is 23.2 Å². The van der Waals surface area contributed by atoms with Crippen molar-refractivity contribution in [2.75, 3.05) is 37.6 Å². The number of piperazine rings is 1. The lowest BCUT2D eigenvalue weighted by Gasteiger charge is -2.36. The predicted octanol–water partition coefficient (Wildman–Crippen LogP) is 3.80. The van der Waals surface area contributed by atoms with Crippen molar-refractivity contribution in [2.45, 2.75) is 12.7 Å². The van der Waals surface area contributed by atoms with Crippen LogP contribution in [0.2, 0.25) is 5.02 Å². The summed E-state index contributed by atoms with van der Waals surface area (Å²) in [7, 11) is 0. The number of carbonyl (C=O) groups is 1. The van der Waals surface area contributed by atoms with Crippen LogP contribution >= 0.6 is 11.6 Å². The van der Waals surface area contributed by atoms with Crippen LogP contribution in [0.15, 0.2) is 48.5 Å². The molecule has 8 heteroatoms. The van der Waals surface area contributed by atoms with Gasteiger partial charge in [0.1, 0.15) is 0 Å². The number of halogens is 4. The lowest BCUT2D eigenvalue weighted by Crippen LogP contribution is -2.49. The molecule has 1 heterocycles. The van der Waals surface area contributed by atoms with E-state index in [1.807, 2.05) is 28.0 Å². The average molecular weight is 412 g/mol. The Morgan fingerprint density at radius 3 is 2.43 bits per heavy atom. The summed E-state index contributed by atoms with van der Waals surface area (Å²) in [4.78, 5) is 16.1. The van der Waals surface area contributed by atoms with Crippen molar-refractivity contribution in [1.82, 2.24) is 10.2 Å². The number of carbonyl (C=O) groups excluding carboxylic acids is 1. The first-order chi connectivity index (χ1) is 13.3. The number of rotatable bonds is 5. The summed E-state index contributed by atoms with van der Waals surface area (Å²) in [6.45, 7) is 2.97. The third-order valence-electron chi connectivity index (χ3n) is 4.71. The quantitative estimate of drug-likeness (QED) is 0.813. The Morgan fingerprint density at radius 1 is 1.04 bits per heavy atom. The van der Waals surface area contributed by atoms with Crippen molar-refractivity contribution in [1.29, 1.82) is 0 Å². The van der Waals surface area contributed by atoms with E-state index in [0.717, 1.165) is 11.6 Å². The lowest BCUT2D eigenvalue weighted by atomic mass is 10.1. The van der Waals surface area contributed by atoms with Gasteiger partial charge in [-0.05, 0) is 29.8 Å². The lowest BCUT2D eigenvalue weighted by molar-refractivity contribution is -0.137. The maximum Gasteiger partial charge on any atom is 0.416 e. The summed E-state index contributed by atoms with van der Waals surface area (Å²) in [6.07, 6.45) is -4.35. The van der Waals surface area contributed by atoms with Gasteiger partial charge in [0.2, 0.25) is 5.91 Å². The highest BCUT2D eigenvalue weighted by atomic mass is 35.5. The third-order valence-corrected chi connectivity index (χ3v) is 5.08. The Kier molecular flexibility index (Phi) is 6.46. The largest absolute Gasteiger partial charge is 0.416 e. The van der Waals surface area contributed by atoms with Gasteiger partial charge in [0.05, 0.1) is 12.1 Å². The molecule has 0 bridgehead atoms. The van der Waals surface area contributed by atoms with E-state index >= 15 is 0 Å². The van der Waals surface area contributed by atoms with Gasteiger partial charge < -0.3 is 10.2 Å². The van der Waals surface area contributed by atoms with Gasteiger partial charge in [-0.2, -0.15) is 13.2 Å². The van der Waals surface area contributed by atoms with E-state index in [0.29, 0.717) is 43.4 Å². The molecule has 1 fully saturated rings. The van der Waals surface area contributed by atoms with Crippen LogP contribution in [0.25, 0.3) is 0 Å². The molecule has 0 aromatic heterocycles. The van der Waals surface area contributed by atoms with Gasteiger partial charge in [-0.1, -0.05) is 35.9 Å². The van der Waals surface area contributed by atoms with Gasteiger partial charge in [-0.15, -0.1) is 0 Å². The Bertz CT molecular complexity index is 820.